The molecule has 9 heteroatoms. The minimum absolute atomic E-state index is 0.0594. The Labute approximate surface area is 132 Å². The summed E-state index contributed by atoms with van der Waals surface area (Å²) in [6.45, 7) is 1.80. The molecule has 2 rings (SSSR count). The molecule has 0 bridgehead atoms. The highest BCUT2D eigenvalue weighted by Crippen LogP contribution is 2.13. The number of carbonyl (C=O) groups excluding carboxylic acids is 2. The van der Waals surface area contributed by atoms with Gasteiger partial charge in [-0.1, -0.05) is 12.1 Å². The van der Waals surface area contributed by atoms with E-state index in [0.29, 0.717) is 11.1 Å². The number of rotatable bonds is 5. The second kappa shape index (κ2) is 6.53. The second-order valence-corrected chi connectivity index (χ2v) is 6.41. The standard InChI is InChI=1S/C14H15N3O5S/c1-9-6-7-22-12(9)13(18)17-23(20,21)11-4-2-10(3-5-11)8-16-14(15)19/h2-7H,8H2,1H3,(H,17,18)(H3,15,16,19). The maximum Gasteiger partial charge on any atom is 0.312 e. The third-order valence-corrected chi connectivity index (χ3v) is 4.34. The Morgan fingerprint density at radius 1 is 1.17 bits per heavy atom. The first-order chi connectivity index (χ1) is 10.8. The fourth-order valence-corrected chi connectivity index (χ4v) is 2.76. The molecule has 0 fully saturated rings. The third-order valence-electron chi connectivity index (χ3n) is 3.00. The van der Waals surface area contributed by atoms with Crippen LogP contribution in [0.5, 0.6) is 0 Å². The average Bonchev–Trinajstić information content (AvgIpc) is 2.91. The van der Waals surface area contributed by atoms with E-state index in [4.69, 9.17) is 10.2 Å². The van der Waals surface area contributed by atoms with Gasteiger partial charge in [-0.05, 0) is 30.7 Å². The van der Waals surface area contributed by atoms with Crippen molar-refractivity contribution in [3.05, 3.63) is 53.5 Å². The number of hydrogen-bond acceptors (Lipinski definition) is 5. The predicted molar refractivity (Wildman–Crippen MR) is 81.0 cm³/mol. The Hall–Kier alpha value is -2.81. The first-order valence-corrected chi connectivity index (χ1v) is 8.01. The van der Waals surface area contributed by atoms with Crippen LogP contribution >= 0.6 is 0 Å². The highest BCUT2D eigenvalue weighted by atomic mass is 32.2. The van der Waals surface area contributed by atoms with Crippen molar-refractivity contribution in [3.63, 3.8) is 0 Å². The molecule has 1 heterocycles. The van der Waals surface area contributed by atoms with E-state index in [1.54, 1.807) is 13.0 Å². The molecular formula is C14H15N3O5S. The highest BCUT2D eigenvalue weighted by molar-refractivity contribution is 7.90. The summed E-state index contributed by atoms with van der Waals surface area (Å²) in [6, 6.07) is 6.54. The molecule has 0 saturated carbocycles. The number of primary amides is 1. The first kappa shape index (κ1) is 16.6. The molecule has 2 aromatic rings. The van der Waals surface area contributed by atoms with Gasteiger partial charge in [0.2, 0.25) is 0 Å². The molecule has 0 aliphatic heterocycles. The minimum Gasteiger partial charge on any atom is -0.459 e. The monoisotopic (exact) mass is 337 g/mol. The van der Waals surface area contributed by atoms with Crippen molar-refractivity contribution in [1.82, 2.24) is 10.0 Å². The SMILES string of the molecule is Cc1ccoc1C(=O)NS(=O)(=O)c1ccc(CNC(N)=O)cc1. The van der Waals surface area contributed by atoms with E-state index >= 15 is 0 Å². The number of amides is 3. The Kier molecular flexibility index (Phi) is 4.70. The van der Waals surface area contributed by atoms with Gasteiger partial charge in [0, 0.05) is 12.1 Å². The van der Waals surface area contributed by atoms with Gasteiger partial charge in [-0.2, -0.15) is 0 Å². The topological polar surface area (TPSA) is 132 Å². The van der Waals surface area contributed by atoms with Gasteiger partial charge in [0.25, 0.3) is 10.0 Å². The number of hydrogen-bond donors (Lipinski definition) is 3. The van der Waals surface area contributed by atoms with Gasteiger partial charge in [-0.25, -0.2) is 17.9 Å². The summed E-state index contributed by atoms with van der Waals surface area (Å²) in [5, 5.41) is 2.38. The molecule has 8 nitrogen and oxygen atoms in total. The lowest BCUT2D eigenvalue weighted by molar-refractivity contribution is 0.0953. The second-order valence-electron chi connectivity index (χ2n) is 4.73. The number of sulfonamides is 1. The van der Waals surface area contributed by atoms with Crippen LogP contribution in [0.1, 0.15) is 21.7 Å². The lowest BCUT2D eigenvalue weighted by Gasteiger charge is -2.07. The zero-order valence-corrected chi connectivity index (χ0v) is 13.0. The fourth-order valence-electron chi connectivity index (χ4n) is 1.81. The lowest BCUT2D eigenvalue weighted by Crippen LogP contribution is -2.31. The predicted octanol–water partition coefficient (Wildman–Crippen LogP) is 0.875. The quantitative estimate of drug-likeness (QED) is 0.745. The van der Waals surface area contributed by atoms with Crippen molar-refractivity contribution in [2.24, 2.45) is 5.73 Å². The molecule has 0 spiro atoms. The van der Waals surface area contributed by atoms with E-state index in [9.17, 15) is 18.0 Å². The molecule has 23 heavy (non-hydrogen) atoms. The smallest absolute Gasteiger partial charge is 0.312 e. The summed E-state index contributed by atoms with van der Waals surface area (Å²) in [6.07, 6.45) is 1.30. The van der Waals surface area contributed by atoms with Gasteiger partial charge in [0.15, 0.2) is 5.76 Å². The van der Waals surface area contributed by atoms with Gasteiger partial charge < -0.3 is 15.5 Å². The van der Waals surface area contributed by atoms with Crippen molar-refractivity contribution in [2.75, 3.05) is 0 Å². The van der Waals surface area contributed by atoms with Gasteiger partial charge in [-0.3, -0.25) is 4.79 Å². The number of furan rings is 1. The third kappa shape index (κ3) is 4.10. The van der Waals surface area contributed by atoms with E-state index in [1.165, 1.54) is 30.5 Å². The average molecular weight is 337 g/mol. The van der Waals surface area contributed by atoms with Gasteiger partial charge in [0.1, 0.15) is 0 Å². The summed E-state index contributed by atoms with van der Waals surface area (Å²) in [7, 11) is -4.02. The maximum absolute atomic E-state index is 12.2. The minimum atomic E-state index is -4.02. The van der Waals surface area contributed by atoms with Gasteiger partial charge >= 0.3 is 11.9 Å². The van der Waals surface area contributed by atoms with Crippen molar-refractivity contribution < 1.29 is 22.4 Å². The van der Waals surface area contributed by atoms with E-state index < -0.39 is 22.0 Å². The molecular weight excluding hydrogens is 322 g/mol. The van der Waals surface area contributed by atoms with Crippen molar-refractivity contribution in [2.45, 2.75) is 18.4 Å². The number of urea groups is 1. The number of nitrogens with one attached hydrogen (secondary N) is 2. The van der Waals surface area contributed by atoms with Crippen LogP contribution < -0.4 is 15.8 Å². The Balaban J connectivity index is 2.12. The van der Waals surface area contributed by atoms with Crippen LogP contribution in [0.15, 0.2) is 45.9 Å². The summed E-state index contributed by atoms with van der Waals surface area (Å²) < 4.78 is 31.2. The van der Waals surface area contributed by atoms with Crippen molar-refractivity contribution in [1.29, 1.82) is 0 Å². The molecule has 0 unspecified atom stereocenters. The van der Waals surface area contributed by atoms with Gasteiger partial charge in [0.05, 0.1) is 11.2 Å². The Morgan fingerprint density at radius 2 is 1.83 bits per heavy atom. The van der Waals surface area contributed by atoms with Crippen molar-refractivity contribution in [3.8, 4) is 0 Å². The number of aryl methyl sites for hydroxylation is 1. The number of nitrogens with two attached hydrogens (primary N) is 1. The summed E-state index contributed by atoms with van der Waals surface area (Å²) in [5.74, 6) is -0.900. The molecule has 3 amide bonds. The summed E-state index contributed by atoms with van der Waals surface area (Å²) in [4.78, 5) is 22.4. The lowest BCUT2D eigenvalue weighted by atomic mass is 10.2. The van der Waals surface area contributed by atoms with E-state index in [2.05, 4.69) is 5.32 Å². The highest BCUT2D eigenvalue weighted by Gasteiger charge is 2.21. The zero-order valence-electron chi connectivity index (χ0n) is 12.2. The molecule has 0 radical (unpaired) electrons. The van der Waals surface area contributed by atoms with E-state index in [-0.39, 0.29) is 17.2 Å². The molecule has 0 aliphatic carbocycles. The fraction of sp³-hybridized carbons (Fsp3) is 0.143. The molecule has 1 aromatic heterocycles. The van der Waals surface area contributed by atoms with Crippen LogP contribution in [0.2, 0.25) is 0 Å². The van der Waals surface area contributed by atoms with E-state index in [0.717, 1.165) is 0 Å². The van der Waals surface area contributed by atoms with Crippen LogP contribution in [0.3, 0.4) is 0 Å². The summed E-state index contributed by atoms with van der Waals surface area (Å²) in [5.41, 5.74) is 6.15. The summed E-state index contributed by atoms with van der Waals surface area (Å²) >= 11 is 0. The number of benzene rings is 1. The van der Waals surface area contributed by atoms with Gasteiger partial charge in [-0.15, -0.1) is 0 Å². The molecule has 122 valence electrons. The normalized spacial score (nSPS) is 11.0. The Bertz CT molecular complexity index is 824. The van der Waals surface area contributed by atoms with Crippen molar-refractivity contribution >= 4 is 22.0 Å². The molecule has 0 aliphatic rings. The number of carbonyl (C=O) groups is 2. The van der Waals surface area contributed by atoms with Crippen LogP contribution in [-0.2, 0) is 16.6 Å². The van der Waals surface area contributed by atoms with Crippen LogP contribution in [0.25, 0.3) is 0 Å². The molecule has 0 saturated heterocycles. The van der Waals surface area contributed by atoms with Crippen LogP contribution in [0, 0.1) is 6.92 Å². The maximum atomic E-state index is 12.2. The molecule has 1 aromatic carbocycles. The first-order valence-electron chi connectivity index (χ1n) is 6.53. The van der Waals surface area contributed by atoms with Crippen LogP contribution in [0.4, 0.5) is 4.79 Å². The largest absolute Gasteiger partial charge is 0.459 e. The van der Waals surface area contributed by atoms with E-state index in [1.807, 2.05) is 4.72 Å². The Morgan fingerprint density at radius 3 is 2.35 bits per heavy atom. The molecule has 0 atom stereocenters. The molecule has 4 N–H and O–H groups in total. The zero-order chi connectivity index (χ0) is 17.0. The van der Waals surface area contributed by atoms with Crippen LogP contribution in [-0.4, -0.2) is 20.4 Å².